The van der Waals surface area contributed by atoms with Gasteiger partial charge in [0.1, 0.15) is 11.6 Å². The summed E-state index contributed by atoms with van der Waals surface area (Å²) in [6, 6.07) is 8.10. The second-order valence-electron chi connectivity index (χ2n) is 3.40. The van der Waals surface area contributed by atoms with E-state index in [0.717, 1.165) is 6.07 Å². The first kappa shape index (κ1) is 10.9. The van der Waals surface area contributed by atoms with Gasteiger partial charge in [-0.2, -0.15) is 0 Å². The molecule has 2 N–H and O–H groups in total. The number of halogens is 3. The number of benzene rings is 2. The van der Waals surface area contributed by atoms with Gasteiger partial charge in [-0.1, -0.05) is 11.6 Å². The van der Waals surface area contributed by atoms with Gasteiger partial charge in [0, 0.05) is 22.3 Å². The molecule has 0 radical (unpaired) electrons. The molecule has 0 spiro atoms. The van der Waals surface area contributed by atoms with E-state index < -0.39 is 11.6 Å². The lowest BCUT2D eigenvalue weighted by molar-refractivity contribution is 0.585. The highest BCUT2D eigenvalue weighted by molar-refractivity contribution is 6.31. The summed E-state index contributed by atoms with van der Waals surface area (Å²) < 4.78 is 26.2. The Morgan fingerprint density at radius 2 is 1.75 bits per heavy atom. The van der Waals surface area contributed by atoms with Crippen molar-refractivity contribution in [2.45, 2.75) is 0 Å². The number of nitrogens with two attached hydrogens (primary N) is 1. The van der Waals surface area contributed by atoms with E-state index >= 15 is 0 Å². The summed E-state index contributed by atoms with van der Waals surface area (Å²) in [7, 11) is 0. The van der Waals surface area contributed by atoms with Crippen molar-refractivity contribution in [1.82, 2.24) is 0 Å². The van der Waals surface area contributed by atoms with Crippen LogP contribution < -0.4 is 5.73 Å². The highest BCUT2D eigenvalue weighted by atomic mass is 35.5. The third kappa shape index (κ3) is 2.14. The molecule has 0 amide bonds. The third-order valence-corrected chi connectivity index (χ3v) is 2.38. The summed E-state index contributed by atoms with van der Waals surface area (Å²) in [6.07, 6.45) is 0. The maximum absolute atomic E-state index is 13.5. The molecular weight excluding hydrogens is 232 g/mol. The number of nitrogen functional groups attached to an aromatic ring is 1. The van der Waals surface area contributed by atoms with Gasteiger partial charge in [-0.25, -0.2) is 8.78 Å². The summed E-state index contributed by atoms with van der Waals surface area (Å²) in [5, 5.41) is 0.415. The van der Waals surface area contributed by atoms with E-state index in [1.54, 1.807) is 18.2 Å². The minimum absolute atomic E-state index is 0.274. The van der Waals surface area contributed by atoms with Crippen molar-refractivity contribution in [1.29, 1.82) is 0 Å². The fourth-order valence-corrected chi connectivity index (χ4v) is 1.73. The topological polar surface area (TPSA) is 26.0 Å². The second-order valence-corrected chi connectivity index (χ2v) is 3.83. The molecule has 2 aromatic rings. The van der Waals surface area contributed by atoms with E-state index in [-0.39, 0.29) is 5.56 Å². The average molecular weight is 240 g/mol. The molecule has 4 heteroatoms. The SMILES string of the molecule is Nc1cc(Cl)cc(-c2ccc(F)cc2F)c1. The van der Waals surface area contributed by atoms with Gasteiger partial charge in [0.05, 0.1) is 0 Å². The molecule has 1 nitrogen and oxygen atoms in total. The summed E-state index contributed by atoms with van der Waals surface area (Å²) in [6.45, 7) is 0. The van der Waals surface area contributed by atoms with Crippen LogP contribution in [0.1, 0.15) is 0 Å². The second kappa shape index (κ2) is 4.10. The molecule has 0 aliphatic rings. The first-order valence-electron chi connectivity index (χ1n) is 4.58. The Balaban J connectivity index is 2.58. The molecule has 0 unspecified atom stereocenters. The predicted octanol–water partition coefficient (Wildman–Crippen LogP) is 3.87. The van der Waals surface area contributed by atoms with E-state index in [4.69, 9.17) is 17.3 Å². The Morgan fingerprint density at radius 1 is 1.00 bits per heavy atom. The summed E-state index contributed by atoms with van der Waals surface area (Å²) in [5.74, 6) is -1.25. The minimum atomic E-state index is -0.637. The quantitative estimate of drug-likeness (QED) is 0.751. The lowest BCUT2D eigenvalue weighted by Crippen LogP contribution is -1.89. The molecule has 0 heterocycles. The smallest absolute Gasteiger partial charge is 0.133 e. The zero-order valence-corrected chi connectivity index (χ0v) is 8.93. The first-order valence-corrected chi connectivity index (χ1v) is 4.95. The van der Waals surface area contributed by atoms with Crippen LogP contribution in [0.2, 0.25) is 5.02 Å². The van der Waals surface area contributed by atoms with Crippen LogP contribution in [0.3, 0.4) is 0 Å². The van der Waals surface area contributed by atoms with E-state index in [1.807, 2.05) is 0 Å². The van der Waals surface area contributed by atoms with Gasteiger partial charge in [0.15, 0.2) is 0 Å². The maximum atomic E-state index is 13.5. The van der Waals surface area contributed by atoms with E-state index in [2.05, 4.69) is 0 Å². The highest BCUT2D eigenvalue weighted by Gasteiger charge is 2.07. The number of hydrogen-bond acceptors (Lipinski definition) is 1. The Bertz CT molecular complexity index is 520. The summed E-state index contributed by atoms with van der Waals surface area (Å²) in [5.41, 5.74) is 6.84. The Morgan fingerprint density at radius 3 is 2.38 bits per heavy atom. The zero-order valence-electron chi connectivity index (χ0n) is 8.18. The van der Waals surface area contributed by atoms with E-state index in [0.29, 0.717) is 16.3 Å². The Hall–Kier alpha value is -1.61. The maximum Gasteiger partial charge on any atom is 0.133 e. The van der Waals surface area contributed by atoms with Crippen molar-refractivity contribution >= 4 is 17.3 Å². The molecule has 0 aliphatic heterocycles. The van der Waals surface area contributed by atoms with Crippen LogP contribution in [-0.4, -0.2) is 0 Å². The van der Waals surface area contributed by atoms with Gasteiger partial charge in [-0.15, -0.1) is 0 Å². The van der Waals surface area contributed by atoms with Crippen LogP contribution >= 0.6 is 11.6 Å². The van der Waals surface area contributed by atoms with Gasteiger partial charge in [-0.05, 0) is 35.9 Å². The third-order valence-electron chi connectivity index (χ3n) is 2.16. The lowest BCUT2D eigenvalue weighted by atomic mass is 10.0. The van der Waals surface area contributed by atoms with Crippen LogP contribution in [0.15, 0.2) is 36.4 Å². The van der Waals surface area contributed by atoms with Gasteiger partial charge >= 0.3 is 0 Å². The first-order chi connectivity index (χ1) is 7.56. The predicted molar refractivity (Wildman–Crippen MR) is 61.2 cm³/mol. The van der Waals surface area contributed by atoms with E-state index in [9.17, 15) is 8.78 Å². The molecule has 2 aromatic carbocycles. The molecule has 0 fully saturated rings. The molecule has 2 rings (SSSR count). The van der Waals surface area contributed by atoms with Crippen molar-refractivity contribution in [3.63, 3.8) is 0 Å². The van der Waals surface area contributed by atoms with Crippen LogP contribution in [-0.2, 0) is 0 Å². The largest absolute Gasteiger partial charge is 0.399 e. The molecule has 0 saturated carbocycles. The minimum Gasteiger partial charge on any atom is -0.399 e. The highest BCUT2D eigenvalue weighted by Crippen LogP contribution is 2.28. The zero-order chi connectivity index (χ0) is 11.7. The monoisotopic (exact) mass is 239 g/mol. The van der Waals surface area contributed by atoms with Gasteiger partial charge in [0.25, 0.3) is 0 Å². The van der Waals surface area contributed by atoms with Crippen LogP contribution in [0.25, 0.3) is 11.1 Å². The number of rotatable bonds is 1. The van der Waals surface area contributed by atoms with Crippen LogP contribution in [0, 0.1) is 11.6 Å². The fourth-order valence-electron chi connectivity index (χ4n) is 1.49. The normalized spacial score (nSPS) is 10.4. The van der Waals surface area contributed by atoms with Gasteiger partial charge in [-0.3, -0.25) is 0 Å². The summed E-state index contributed by atoms with van der Waals surface area (Å²) in [4.78, 5) is 0. The van der Waals surface area contributed by atoms with Crippen LogP contribution in [0.5, 0.6) is 0 Å². The van der Waals surface area contributed by atoms with Crippen molar-refractivity contribution in [3.05, 3.63) is 53.1 Å². The lowest BCUT2D eigenvalue weighted by Gasteiger charge is -2.05. The van der Waals surface area contributed by atoms with Crippen molar-refractivity contribution in [3.8, 4) is 11.1 Å². The molecule has 0 atom stereocenters. The Labute approximate surface area is 96.5 Å². The Kier molecular flexibility index (Phi) is 2.79. The molecule has 0 bridgehead atoms. The fraction of sp³-hybridized carbons (Fsp3) is 0. The van der Waals surface area contributed by atoms with Gasteiger partial charge in [0.2, 0.25) is 0 Å². The number of hydrogen-bond donors (Lipinski definition) is 1. The van der Waals surface area contributed by atoms with Gasteiger partial charge < -0.3 is 5.73 Å². The van der Waals surface area contributed by atoms with E-state index in [1.165, 1.54) is 12.1 Å². The molecule has 0 aromatic heterocycles. The molecule has 82 valence electrons. The van der Waals surface area contributed by atoms with Crippen molar-refractivity contribution < 1.29 is 8.78 Å². The standard InChI is InChI=1S/C12H8ClF2N/c13-8-3-7(4-10(16)5-8)11-2-1-9(14)6-12(11)15/h1-6H,16H2. The van der Waals surface area contributed by atoms with Crippen LogP contribution in [0.4, 0.5) is 14.5 Å². The van der Waals surface area contributed by atoms with Crippen molar-refractivity contribution in [2.75, 3.05) is 5.73 Å². The summed E-state index contributed by atoms with van der Waals surface area (Å²) >= 11 is 5.81. The number of anilines is 1. The molecule has 16 heavy (non-hydrogen) atoms. The van der Waals surface area contributed by atoms with Crippen molar-refractivity contribution in [2.24, 2.45) is 0 Å². The molecule has 0 saturated heterocycles. The average Bonchev–Trinajstić information content (AvgIpc) is 2.15. The molecular formula is C12H8ClF2N. The molecule has 0 aliphatic carbocycles.